The highest BCUT2D eigenvalue weighted by molar-refractivity contribution is 7.99. The van der Waals surface area contributed by atoms with Gasteiger partial charge in [-0.2, -0.15) is 0 Å². The van der Waals surface area contributed by atoms with E-state index in [2.05, 4.69) is 10.0 Å². The van der Waals surface area contributed by atoms with Gasteiger partial charge < -0.3 is 18.9 Å². The summed E-state index contributed by atoms with van der Waals surface area (Å²) in [5, 5.41) is 3.68. The van der Waals surface area contributed by atoms with Crippen molar-refractivity contribution in [1.82, 2.24) is 0 Å². The maximum absolute atomic E-state index is 14.5. The van der Waals surface area contributed by atoms with E-state index in [1.54, 1.807) is 0 Å². The summed E-state index contributed by atoms with van der Waals surface area (Å²) in [7, 11) is 0. The van der Waals surface area contributed by atoms with Crippen LogP contribution in [0, 0.1) is 5.82 Å². The Bertz CT molecular complexity index is 947. The van der Waals surface area contributed by atoms with E-state index in [9.17, 15) is 18.8 Å². The van der Waals surface area contributed by atoms with Crippen molar-refractivity contribution in [3.05, 3.63) is 38.4 Å². The Morgan fingerprint density at radius 3 is 2.28 bits per heavy atom. The summed E-state index contributed by atoms with van der Waals surface area (Å²) in [6.45, 7) is 3.01. The summed E-state index contributed by atoms with van der Waals surface area (Å²) in [4.78, 5) is 37.4. The molecule has 1 aliphatic rings. The largest absolute Gasteiger partial charge is 0.463 e. The molecule has 0 bridgehead atoms. The number of hydrogen-bond acceptors (Lipinski definition) is 9. The van der Waals surface area contributed by atoms with Crippen LogP contribution in [0.4, 0.5) is 4.39 Å². The van der Waals surface area contributed by atoms with Crippen LogP contribution in [-0.4, -0.2) is 54.3 Å². The summed E-state index contributed by atoms with van der Waals surface area (Å²) in [5.41, 5.74) is 7.91. The Morgan fingerprint density at radius 2 is 1.72 bits per heavy atom. The smallest absolute Gasteiger partial charge is 0.303 e. The van der Waals surface area contributed by atoms with Gasteiger partial charge in [-0.05, 0) is 17.7 Å². The fourth-order valence-corrected chi connectivity index (χ4v) is 4.42. The van der Waals surface area contributed by atoms with Crippen LogP contribution < -0.4 is 0 Å². The van der Waals surface area contributed by atoms with Crippen LogP contribution in [0.25, 0.3) is 10.4 Å². The van der Waals surface area contributed by atoms with Crippen molar-refractivity contribution in [1.29, 1.82) is 0 Å². The first-order valence-electron chi connectivity index (χ1n) is 9.02. The SMILES string of the molecule is CC(=O)OCC1O[C@H](Sc2cc(Cl)c(Cl)cc2F)C(OC(C)=O)C(N=[N+]=[N-])[C@H]1OC(C)=O. The Hall–Kier alpha value is -2.24. The average molecular weight is 510 g/mol. The average Bonchev–Trinajstić information content (AvgIpc) is 2.68. The fraction of sp³-hybridized carbons (Fsp3) is 0.500. The maximum Gasteiger partial charge on any atom is 0.303 e. The Balaban J connectivity index is 2.49. The molecule has 3 unspecified atom stereocenters. The van der Waals surface area contributed by atoms with E-state index in [-0.39, 0.29) is 21.5 Å². The molecular weight excluding hydrogens is 492 g/mol. The number of ether oxygens (including phenoxy) is 4. The molecule has 0 amide bonds. The second kappa shape index (κ2) is 11.6. The number of thioether (sulfide) groups is 1. The Morgan fingerprint density at radius 1 is 1.12 bits per heavy atom. The lowest BCUT2D eigenvalue weighted by Crippen LogP contribution is -2.59. The summed E-state index contributed by atoms with van der Waals surface area (Å²) in [6.07, 6.45) is -3.67. The lowest BCUT2D eigenvalue weighted by Gasteiger charge is -2.43. The summed E-state index contributed by atoms with van der Waals surface area (Å²) >= 11 is 12.6. The maximum atomic E-state index is 14.5. The molecule has 1 aromatic carbocycles. The molecule has 1 aliphatic heterocycles. The van der Waals surface area contributed by atoms with Crippen LogP contribution in [0.3, 0.4) is 0 Å². The number of esters is 3. The molecule has 1 heterocycles. The van der Waals surface area contributed by atoms with Gasteiger partial charge in [-0.3, -0.25) is 14.4 Å². The van der Waals surface area contributed by atoms with Gasteiger partial charge in [0, 0.05) is 30.6 Å². The van der Waals surface area contributed by atoms with Gasteiger partial charge in [0.05, 0.1) is 10.0 Å². The molecule has 1 saturated heterocycles. The van der Waals surface area contributed by atoms with Crippen LogP contribution in [0.2, 0.25) is 10.0 Å². The lowest BCUT2D eigenvalue weighted by atomic mass is 9.97. The zero-order valence-electron chi connectivity index (χ0n) is 17.0. The molecule has 0 saturated carbocycles. The number of azide groups is 1. The molecule has 0 radical (unpaired) electrons. The second-order valence-corrected chi connectivity index (χ2v) is 8.46. The highest BCUT2D eigenvalue weighted by Gasteiger charge is 2.50. The molecule has 1 aromatic rings. The summed E-state index contributed by atoms with van der Waals surface area (Å²) < 4.78 is 35.8. The molecule has 0 aliphatic carbocycles. The standard InChI is InChI=1S/C18H18Cl2FN3O7S/c1-7(25)28-6-13-16(29-8(2)26)15(23-24-22)17(30-9(3)27)18(31-13)32-14-5-11(20)10(19)4-12(14)21/h4-5,13,15-18H,6H2,1-3H3/t13?,15?,16-,17?,18+/m0/s1. The van der Waals surface area contributed by atoms with E-state index in [1.807, 2.05) is 0 Å². The van der Waals surface area contributed by atoms with Crippen LogP contribution >= 0.6 is 35.0 Å². The van der Waals surface area contributed by atoms with Crippen molar-refractivity contribution >= 4 is 52.9 Å². The van der Waals surface area contributed by atoms with E-state index in [1.165, 1.54) is 6.07 Å². The van der Waals surface area contributed by atoms with Crippen molar-refractivity contribution in [2.24, 2.45) is 5.11 Å². The fourth-order valence-electron chi connectivity index (χ4n) is 2.89. The second-order valence-electron chi connectivity index (χ2n) is 6.50. The molecule has 0 spiro atoms. The van der Waals surface area contributed by atoms with E-state index in [4.69, 9.17) is 47.7 Å². The highest BCUT2D eigenvalue weighted by Crippen LogP contribution is 2.40. The molecule has 32 heavy (non-hydrogen) atoms. The first-order chi connectivity index (χ1) is 15.0. The molecule has 10 nitrogen and oxygen atoms in total. The van der Waals surface area contributed by atoms with Crippen molar-refractivity contribution in [3.8, 4) is 0 Å². The zero-order chi connectivity index (χ0) is 24.0. The van der Waals surface area contributed by atoms with Crippen molar-refractivity contribution in [3.63, 3.8) is 0 Å². The number of rotatable bonds is 7. The van der Waals surface area contributed by atoms with Crippen molar-refractivity contribution < 1.29 is 37.7 Å². The molecule has 14 heteroatoms. The summed E-state index contributed by atoms with van der Waals surface area (Å²) in [6, 6.07) is 0.976. The molecule has 0 N–H and O–H groups in total. The first-order valence-corrected chi connectivity index (χ1v) is 10.7. The predicted octanol–water partition coefficient (Wildman–Crippen LogP) is 4.05. The van der Waals surface area contributed by atoms with Gasteiger partial charge in [0.2, 0.25) is 0 Å². The van der Waals surface area contributed by atoms with Crippen LogP contribution in [0.1, 0.15) is 20.8 Å². The molecule has 174 valence electrons. The van der Waals surface area contributed by atoms with E-state index in [0.29, 0.717) is 0 Å². The molecular formula is C18H18Cl2FN3O7S. The number of nitrogens with zero attached hydrogens (tertiary/aromatic N) is 3. The van der Waals surface area contributed by atoms with Gasteiger partial charge in [0.15, 0.2) is 0 Å². The minimum Gasteiger partial charge on any atom is -0.463 e. The third-order valence-electron chi connectivity index (χ3n) is 4.07. The first kappa shape index (κ1) is 26.0. The third-order valence-corrected chi connectivity index (χ3v) is 5.98. The monoisotopic (exact) mass is 509 g/mol. The number of hydrogen-bond donors (Lipinski definition) is 0. The topological polar surface area (TPSA) is 137 Å². The van der Waals surface area contributed by atoms with Crippen molar-refractivity contribution in [2.75, 3.05) is 6.61 Å². The van der Waals surface area contributed by atoms with Crippen LogP contribution in [0.5, 0.6) is 0 Å². The quantitative estimate of drug-likeness (QED) is 0.134. The minimum absolute atomic E-state index is 0.00147. The molecule has 2 rings (SSSR count). The van der Waals surface area contributed by atoms with E-state index < -0.39 is 53.5 Å². The number of carbonyl (C=O) groups excluding carboxylic acids is 3. The Labute approximate surface area is 196 Å². The van der Waals surface area contributed by atoms with Gasteiger partial charge in [-0.25, -0.2) is 4.39 Å². The zero-order valence-corrected chi connectivity index (χ0v) is 19.3. The number of benzene rings is 1. The van der Waals surface area contributed by atoms with Gasteiger partial charge in [0.1, 0.15) is 42.2 Å². The van der Waals surface area contributed by atoms with Gasteiger partial charge in [-0.15, -0.1) is 0 Å². The summed E-state index contributed by atoms with van der Waals surface area (Å²) in [5.74, 6) is -2.87. The third kappa shape index (κ3) is 6.88. The van der Waals surface area contributed by atoms with Crippen LogP contribution in [-0.2, 0) is 33.3 Å². The minimum atomic E-state index is -1.29. The molecule has 0 aromatic heterocycles. The molecule has 1 fully saturated rings. The van der Waals surface area contributed by atoms with E-state index in [0.717, 1.165) is 38.6 Å². The predicted molar refractivity (Wildman–Crippen MR) is 112 cm³/mol. The van der Waals surface area contributed by atoms with Gasteiger partial charge in [-0.1, -0.05) is 40.1 Å². The highest BCUT2D eigenvalue weighted by atomic mass is 35.5. The molecule has 5 atom stereocenters. The van der Waals surface area contributed by atoms with Crippen molar-refractivity contribution in [2.45, 2.75) is 55.5 Å². The van der Waals surface area contributed by atoms with Crippen LogP contribution in [0.15, 0.2) is 22.1 Å². The van der Waals surface area contributed by atoms with E-state index >= 15 is 0 Å². The Kier molecular flexibility index (Phi) is 9.41. The van der Waals surface area contributed by atoms with Gasteiger partial charge >= 0.3 is 17.9 Å². The number of carbonyl (C=O) groups is 3. The normalized spacial score (nSPS) is 24.8. The number of halogens is 3. The lowest BCUT2D eigenvalue weighted by molar-refractivity contribution is -0.201. The van der Waals surface area contributed by atoms with Gasteiger partial charge in [0.25, 0.3) is 0 Å².